The molecule has 2 aromatic heterocycles. The molecule has 23 heavy (non-hydrogen) atoms. The van der Waals surface area contributed by atoms with Crippen LogP contribution >= 0.6 is 0 Å². The van der Waals surface area contributed by atoms with E-state index in [1.807, 2.05) is 0 Å². The van der Waals surface area contributed by atoms with E-state index in [9.17, 15) is 18.0 Å². The van der Waals surface area contributed by atoms with Gasteiger partial charge in [-0.3, -0.25) is 14.2 Å². The number of alkyl halides is 3. The molecular formula is C13H15F3N4O3. The highest BCUT2D eigenvalue weighted by atomic mass is 19.4. The van der Waals surface area contributed by atoms with Gasteiger partial charge in [-0.1, -0.05) is 6.92 Å². The molecule has 0 aliphatic heterocycles. The maximum atomic E-state index is 12.4. The summed E-state index contributed by atoms with van der Waals surface area (Å²) in [5, 5.41) is 25.7. The molecule has 2 heterocycles. The van der Waals surface area contributed by atoms with Crippen molar-refractivity contribution in [1.29, 1.82) is 0 Å². The Morgan fingerprint density at radius 2 is 1.83 bits per heavy atom. The molecule has 0 spiro atoms. The first-order valence-electron chi connectivity index (χ1n) is 6.71. The fourth-order valence-electron chi connectivity index (χ4n) is 1.88. The number of aromatic nitrogens is 4. The lowest BCUT2D eigenvalue weighted by molar-refractivity contribution is -0.354. The summed E-state index contributed by atoms with van der Waals surface area (Å²) >= 11 is 0. The molecule has 2 N–H and O–H groups in total. The smallest absolute Gasteiger partial charge is 0.357 e. The average molecular weight is 332 g/mol. The quantitative estimate of drug-likeness (QED) is 0.607. The fraction of sp³-hybridized carbons (Fsp3) is 0.462. The van der Waals surface area contributed by atoms with E-state index >= 15 is 0 Å². The van der Waals surface area contributed by atoms with E-state index < -0.39 is 18.5 Å². The minimum atomic E-state index is -5.18. The number of hydrogen-bond donors (Lipinski definition) is 2. The van der Waals surface area contributed by atoms with Crippen LogP contribution in [0.5, 0.6) is 0 Å². The van der Waals surface area contributed by atoms with Crippen molar-refractivity contribution in [3.63, 3.8) is 0 Å². The van der Waals surface area contributed by atoms with Crippen molar-refractivity contribution in [1.82, 2.24) is 19.6 Å². The lowest BCUT2D eigenvalue weighted by atomic mass is 10.2. The molecule has 0 radical (unpaired) electrons. The highest BCUT2D eigenvalue weighted by Gasteiger charge is 2.53. The topological polar surface area (TPSA) is 93.2 Å². The summed E-state index contributed by atoms with van der Waals surface area (Å²) in [4.78, 5) is 11.5. The van der Waals surface area contributed by atoms with Crippen LogP contribution < -0.4 is 0 Å². The van der Waals surface area contributed by atoms with E-state index in [4.69, 9.17) is 10.2 Å². The number of carbonyl (C=O) groups is 1. The van der Waals surface area contributed by atoms with Gasteiger partial charge in [0.05, 0.1) is 24.5 Å². The van der Waals surface area contributed by atoms with Gasteiger partial charge in [-0.15, -0.1) is 0 Å². The van der Waals surface area contributed by atoms with Gasteiger partial charge in [0.15, 0.2) is 5.78 Å². The highest BCUT2D eigenvalue weighted by Crippen LogP contribution is 2.29. The zero-order chi connectivity index (χ0) is 17.3. The second-order valence-electron chi connectivity index (χ2n) is 5.06. The molecule has 0 unspecified atom stereocenters. The maximum absolute atomic E-state index is 12.4. The SMILES string of the molecule is CCC(=O)c1cnn(Cc2cnn(CC(O)(O)C(F)(F)F)c2)c1. The van der Waals surface area contributed by atoms with Crippen molar-refractivity contribution < 1.29 is 28.2 Å². The van der Waals surface area contributed by atoms with Gasteiger partial charge in [0.25, 0.3) is 5.79 Å². The molecule has 0 bridgehead atoms. The van der Waals surface area contributed by atoms with E-state index in [-0.39, 0.29) is 12.3 Å². The number of carbonyl (C=O) groups excluding carboxylic acids is 1. The minimum absolute atomic E-state index is 0.0672. The molecule has 2 aromatic rings. The lowest BCUT2D eigenvalue weighted by Crippen LogP contribution is -2.48. The third kappa shape index (κ3) is 3.96. The van der Waals surface area contributed by atoms with Crippen molar-refractivity contribution in [2.45, 2.75) is 38.4 Å². The predicted octanol–water partition coefficient (Wildman–Crippen LogP) is 0.964. The molecule has 0 amide bonds. The van der Waals surface area contributed by atoms with Gasteiger partial charge in [-0.25, -0.2) is 0 Å². The van der Waals surface area contributed by atoms with Gasteiger partial charge in [0.2, 0.25) is 0 Å². The second-order valence-corrected chi connectivity index (χ2v) is 5.06. The Hall–Kier alpha value is -2.20. The van der Waals surface area contributed by atoms with E-state index in [1.54, 1.807) is 6.92 Å². The number of ketones is 1. The van der Waals surface area contributed by atoms with E-state index in [1.165, 1.54) is 29.5 Å². The maximum Gasteiger partial charge on any atom is 0.444 e. The highest BCUT2D eigenvalue weighted by molar-refractivity contribution is 5.95. The van der Waals surface area contributed by atoms with Crippen LogP contribution in [0.1, 0.15) is 29.3 Å². The molecule has 0 atom stereocenters. The standard InChI is InChI=1S/C13H15F3N4O3/c1-2-11(21)10-4-18-19(7-10)5-9-3-17-20(6-9)8-12(22,23)13(14,15)16/h3-4,6-7,22-23H,2,5,8H2,1H3. The van der Waals surface area contributed by atoms with Crippen LogP contribution in [0.4, 0.5) is 13.2 Å². The summed E-state index contributed by atoms with van der Waals surface area (Å²) < 4.78 is 39.4. The zero-order valence-electron chi connectivity index (χ0n) is 12.2. The number of rotatable bonds is 6. The van der Waals surface area contributed by atoms with E-state index in [2.05, 4.69) is 10.2 Å². The number of Topliss-reactive ketones (excluding diaryl/α,β-unsaturated/α-hetero) is 1. The summed E-state index contributed by atoms with van der Waals surface area (Å²) in [5.41, 5.74) is 0.947. The molecule has 2 rings (SSSR count). The zero-order valence-corrected chi connectivity index (χ0v) is 12.2. The molecule has 0 aliphatic carbocycles. The van der Waals surface area contributed by atoms with Crippen LogP contribution in [-0.4, -0.2) is 47.5 Å². The van der Waals surface area contributed by atoms with Crippen LogP contribution in [0.2, 0.25) is 0 Å². The van der Waals surface area contributed by atoms with Crippen LogP contribution in [0, 0.1) is 0 Å². The molecule has 7 nitrogen and oxygen atoms in total. The van der Waals surface area contributed by atoms with Gasteiger partial charge >= 0.3 is 6.18 Å². The minimum Gasteiger partial charge on any atom is -0.357 e. The Kier molecular flexibility index (Phi) is 4.57. The molecule has 126 valence electrons. The number of nitrogens with zero attached hydrogens (tertiary/aromatic N) is 4. The lowest BCUT2D eigenvalue weighted by Gasteiger charge is -2.24. The number of hydrogen-bond acceptors (Lipinski definition) is 5. The Bertz CT molecular complexity index is 691. The summed E-state index contributed by atoms with van der Waals surface area (Å²) in [7, 11) is 0. The largest absolute Gasteiger partial charge is 0.444 e. The molecule has 0 fully saturated rings. The van der Waals surface area contributed by atoms with Crippen molar-refractivity contribution in [3.8, 4) is 0 Å². The second kappa shape index (κ2) is 6.13. The summed E-state index contributed by atoms with van der Waals surface area (Å²) in [5.74, 6) is -3.93. The Labute approximate surface area is 129 Å². The van der Waals surface area contributed by atoms with Gasteiger partial charge in [0.1, 0.15) is 6.54 Å². The van der Waals surface area contributed by atoms with Crippen molar-refractivity contribution in [2.75, 3.05) is 0 Å². The molecule has 0 aromatic carbocycles. The van der Waals surface area contributed by atoms with Crippen molar-refractivity contribution >= 4 is 5.78 Å². The molecule has 10 heteroatoms. The number of halogens is 3. The Balaban J connectivity index is 2.05. The van der Waals surface area contributed by atoms with E-state index in [0.717, 1.165) is 4.68 Å². The summed E-state index contributed by atoms with van der Waals surface area (Å²) in [6.07, 6.45) is 0.631. The first kappa shape index (κ1) is 17.2. The predicted molar refractivity (Wildman–Crippen MR) is 71.4 cm³/mol. The third-order valence-corrected chi connectivity index (χ3v) is 3.14. The van der Waals surface area contributed by atoms with Gasteiger partial charge in [-0.2, -0.15) is 23.4 Å². The van der Waals surface area contributed by atoms with Crippen LogP contribution in [0.25, 0.3) is 0 Å². The molecule has 0 aliphatic rings. The number of aliphatic hydroxyl groups is 2. The van der Waals surface area contributed by atoms with Gasteiger partial charge in [-0.05, 0) is 0 Å². The van der Waals surface area contributed by atoms with Crippen molar-refractivity contribution in [2.24, 2.45) is 0 Å². The normalized spacial score (nSPS) is 12.6. The first-order chi connectivity index (χ1) is 10.6. The Morgan fingerprint density at radius 3 is 2.43 bits per heavy atom. The van der Waals surface area contributed by atoms with Crippen molar-refractivity contribution in [3.05, 3.63) is 35.9 Å². The molecule has 0 saturated carbocycles. The van der Waals surface area contributed by atoms with Crippen LogP contribution in [0.3, 0.4) is 0 Å². The first-order valence-corrected chi connectivity index (χ1v) is 6.71. The monoisotopic (exact) mass is 332 g/mol. The van der Waals surface area contributed by atoms with Gasteiger partial charge < -0.3 is 10.2 Å². The summed E-state index contributed by atoms with van der Waals surface area (Å²) in [6, 6.07) is 0. The average Bonchev–Trinajstić information content (AvgIpc) is 3.06. The van der Waals surface area contributed by atoms with Gasteiger partial charge in [0, 0.05) is 24.4 Å². The van der Waals surface area contributed by atoms with E-state index in [0.29, 0.717) is 17.5 Å². The van der Waals surface area contributed by atoms with Crippen LogP contribution in [-0.2, 0) is 13.1 Å². The third-order valence-electron chi connectivity index (χ3n) is 3.14. The fourth-order valence-corrected chi connectivity index (χ4v) is 1.88. The van der Waals surface area contributed by atoms with Crippen LogP contribution in [0.15, 0.2) is 24.8 Å². The summed E-state index contributed by atoms with van der Waals surface area (Å²) in [6.45, 7) is 0.766. The molecular weight excluding hydrogens is 317 g/mol. The molecule has 0 saturated heterocycles. The Morgan fingerprint density at radius 1 is 1.17 bits per heavy atom.